The van der Waals surface area contributed by atoms with E-state index in [1.165, 1.54) is 16.0 Å². The molecule has 1 aliphatic heterocycles. The summed E-state index contributed by atoms with van der Waals surface area (Å²) in [5, 5.41) is 7.35. The van der Waals surface area contributed by atoms with Crippen LogP contribution < -0.4 is 0 Å². The number of halogens is 1. The largest absolute Gasteiger partial charge is 0.303 e. The van der Waals surface area contributed by atoms with Gasteiger partial charge in [0.15, 0.2) is 4.60 Å². The van der Waals surface area contributed by atoms with Crippen molar-refractivity contribution >= 4 is 32.2 Å². The normalized spacial score (nSPS) is 22.0. The fourth-order valence-corrected chi connectivity index (χ4v) is 4.59. The Morgan fingerprint density at radius 3 is 2.78 bits per heavy atom. The summed E-state index contributed by atoms with van der Waals surface area (Å²) in [6.45, 7) is 0.647. The minimum absolute atomic E-state index is 0.0223. The van der Waals surface area contributed by atoms with Crippen molar-refractivity contribution in [2.24, 2.45) is 13.0 Å². The number of hydrogen-bond acceptors (Lipinski definition) is 5. The molecule has 1 atom stereocenters. The molecule has 0 bridgehead atoms. The molecule has 0 N–H and O–H groups in total. The highest BCUT2D eigenvalue weighted by Gasteiger charge is 2.34. The average molecular weight is 337 g/mol. The summed E-state index contributed by atoms with van der Waals surface area (Å²) in [5.41, 5.74) is 0. The minimum atomic E-state index is -3.66. The third kappa shape index (κ3) is 2.34. The van der Waals surface area contributed by atoms with Gasteiger partial charge < -0.3 is 4.79 Å². The number of aromatic nitrogens is 3. The molecule has 0 radical (unpaired) electrons. The maximum absolute atomic E-state index is 12.4. The molecule has 1 aromatic rings. The highest BCUT2D eigenvalue weighted by atomic mass is 79.9. The smallest absolute Gasteiger partial charge is 0.263 e. The van der Waals surface area contributed by atoms with Crippen LogP contribution in [0.15, 0.2) is 9.63 Å². The lowest BCUT2D eigenvalue weighted by atomic mass is 10.0. The number of aldehydes is 1. The van der Waals surface area contributed by atoms with Gasteiger partial charge in [-0.2, -0.15) is 4.31 Å². The van der Waals surface area contributed by atoms with E-state index >= 15 is 0 Å². The summed E-state index contributed by atoms with van der Waals surface area (Å²) in [6.07, 6.45) is 2.24. The Morgan fingerprint density at radius 1 is 1.50 bits per heavy atom. The molecule has 0 amide bonds. The third-order valence-electron chi connectivity index (χ3n) is 2.93. The van der Waals surface area contributed by atoms with E-state index in [-0.39, 0.29) is 22.1 Å². The topological polar surface area (TPSA) is 85.2 Å². The average Bonchev–Trinajstić information content (AvgIpc) is 2.69. The summed E-state index contributed by atoms with van der Waals surface area (Å²) in [4.78, 5) is 10.8. The highest BCUT2D eigenvalue weighted by molar-refractivity contribution is 9.10. The lowest BCUT2D eigenvalue weighted by Gasteiger charge is -2.28. The van der Waals surface area contributed by atoms with Crippen molar-refractivity contribution in [1.29, 1.82) is 0 Å². The van der Waals surface area contributed by atoms with Gasteiger partial charge >= 0.3 is 0 Å². The summed E-state index contributed by atoms with van der Waals surface area (Å²) in [5.74, 6) is -0.228. The van der Waals surface area contributed by atoms with Crippen LogP contribution in [0.4, 0.5) is 0 Å². The molecule has 2 rings (SSSR count). The van der Waals surface area contributed by atoms with Gasteiger partial charge in [0.05, 0.1) is 0 Å². The fraction of sp³-hybridized carbons (Fsp3) is 0.667. The van der Waals surface area contributed by atoms with E-state index in [1.807, 2.05) is 0 Å². The predicted molar refractivity (Wildman–Crippen MR) is 66.2 cm³/mol. The van der Waals surface area contributed by atoms with Crippen molar-refractivity contribution in [2.75, 3.05) is 13.1 Å². The Kier molecular flexibility index (Phi) is 3.83. The van der Waals surface area contributed by atoms with Crippen molar-refractivity contribution in [3.05, 3.63) is 4.60 Å². The maximum Gasteiger partial charge on any atom is 0.263 e. The molecule has 7 nitrogen and oxygen atoms in total. The van der Waals surface area contributed by atoms with E-state index in [9.17, 15) is 13.2 Å². The minimum Gasteiger partial charge on any atom is -0.303 e. The third-order valence-corrected chi connectivity index (χ3v) is 5.69. The lowest BCUT2D eigenvalue weighted by molar-refractivity contribution is -0.112. The van der Waals surface area contributed by atoms with Gasteiger partial charge in [-0.15, -0.1) is 5.10 Å². The second-order valence-corrected chi connectivity index (χ2v) is 6.81. The number of aryl methyl sites for hydroxylation is 1. The molecule has 0 aliphatic carbocycles. The maximum atomic E-state index is 12.4. The monoisotopic (exact) mass is 336 g/mol. The van der Waals surface area contributed by atoms with E-state index in [2.05, 4.69) is 26.2 Å². The van der Waals surface area contributed by atoms with Crippen LogP contribution in [0.5, 0.6) is 0 Å². The van der Waals surface area contributed by atoms with Crippen molar-refractivity contribution in [1.82, 2.24) is 19.3 Å². The van der Waals surface area contributed by atoms with Gasteiger partial charge in [0.25, 0.3) is 10.0 Å². The van der Waals surface area contributed by atoms with Crippen LogP contribution in [0.3, 0.4) is 0 Å². The number of rotatable bonds is 3. The van der Waals surface area contributed by atoms with Crippen molar-refractivity contribution in [3.8, 4) is 0 Å². The zero-order valence-electron chi connectivity index (χ0n) is 9.78. The first kappa shape index (κ1) is 13.6. The van der Waals surface area contributed by atoms with Crippen molar-refractivity contribution in [2.45, 2.75) is 17.9 Å². The quantitative estimate of drug-likeness (QED) is 0.735. The van der Waals surface area contributed by atoms with Crippen LogP contribution in [-0.4, -0.2) is 47.1 Å². The van der Waals surface area contributed by atoms with Gasteiger partial charge in [0.2, 0.25) is 5.03 Å². The van der Waals surface area contributed by atoms with Crippen LogP contribution in [0, 0.1) is 5.92 Å². The van der Waals surface area contributed by atoms with Crippen molar-refractivity contribution in [3.63, 3.8) is 0 Å². The SMILES string of the molecule is Cn1nnc(Br)c1S(=O)(=O)N1CCCC(C=O)C1. The number of hydrogen-bond donors (Lipinski definition) is 0. The summed E-state index contributed by atoms with van der Waals surface area (Å²) in [6, 6.07) is 0. The van der Waals surface area contributed by atoms with Crippen LogP contribution in [0.2, 0.25) is 0 Å². The molecule has 1 unspecified atom stereocenters. The molecule has 1 aliphatic rings. The lowest BCUT2D eigenvalue weighted by Crippen LogP contribution is -2.41. The zero-order chi connectivity index (χ0) is 13.3. The summed E-state index contributed by atoms with van der Waals surface area (Å²) >= 11 is 3.08. The van der Waals surface area contributed by atoms with E-state index < -0.39 is 10.0 Å². The van der Waals surface area contributed by atoms with Crippen LogP contribution in [0.25, 0.3) is 0 Å². The predicted octanol–water partition coefficient (Wildman–Crippen LogP) is 0.177. The molecule has 0 saturated carbocycles. The Balaban J connectivity index is 2.34. The van der Waals surface area contributed by atoms with Gasteiger partial charge in [-0.05, 0) is 28.8 Å². The molecule has 2 heterocycles. The van der Waals surface area contributed by atoms with Gasteiger partial charge in [-0.3, -0.25) is 0 Å². The first-order valence-corrected chi connectivity index (χ1v) is 7.70. The van der Waals surface area contributed by atoms with E-state index in [1.54, 1.807) is 0 Å². The molecule has 100 valence electrons. The number of sulfonamides is 1. The molecular weight excluding hydrogens is 324 g/mol. The summed E-state index contributed by atoms with van der Waals surface area (Å²) < 4.78 is 27.6. The zero-order valence-corrected chi connectivity index (χ0v) is 12.2. The molecule has 1 fully saturated rings. The highest BCUT2D eigenvalue weighted by Crippen LogP contribution is 2.26. The summed E-state index contributed by atoms with van der Waals surface area (Å²) in [7, 11) is -2.14. The molecule has 1 aromatic heterocycles. The molecule has 18 heavy (non-hydrogen) atoms. The van der Waals surface area contributed by atoms with Gasteiger partial charge in [0.1, 0.15) is 6.29 Å². The molecule has 9 heteroatoms. The molecular formula is C9H13BrN4O3S. The number of piperidine rings is 1. The second kappa shape index (κ2) is 5.06. The Labute approximate surface area is 113 Å². The standard InChI is InChI=1S/C9H13BrN4O3S/c1-13-9(8(10)11-12-13)18(16,17)14-4-2-3-7(5-14)6-15/h6-7H,2-5H2,1H3. The Hall–Kier alpha value is -0.800. The first-order chi connectivity index (χ1) is 8.46. The van der Waals surface area contributed by atoms with Gasteiger partial charge in [-0.25, -0.2) is 13.1 Å². The second-order valence-electron chi connectivity index (χ2n) is 4.21. The Morgan fingerprint density at radius 2 is 2.22 bits per heavy atom. The van der Waals surface area contributed by atoms with Crippen molar-refractivity contribution < 1.29 is 13.2 Å². The van der Waals surface area contributed by atoms with E-state index in [0.717, 1.165) is 12.7 Å². The number of nitrogens with zero attached hydrogens (tertiary/aromatic N) is 4. The van der Waals surface area contributed by atoms with Crippen LogP contribution >= 0.6 is 15.9 Å². The number of carbonyl (C=O) groups excluding carboxylic acids is 1. The molecule has 0 aromatic carbocycles. The van der Waals surface area contributed by atoms with Crippen LogP contribution in [0.1, 0.15) is 12.8 Å². The van der Waals surface area contributed by atoms with E-state index in [0.29, 0.717) is 13.0 Å². The molecule has 1 saturated heterocycles. The first-order valence-electron chi connectivity index (χ1n) is 5.47. The van der Waals surface area contributed by atoms with E-state index in [4.69, 9.17) is 0 Å². The number of carbonyl (C=O) groups is 1. The van der Waals surface area contributed by atoms with Gasteiger partial charge in [0, 0.05) is 26.1 Å². The van der Waals surface area contributed by atoms with Crippen LogP contribution in [-0.2, 0) is 21.9 Å². The van der Waals surface area contributed by atoms with Gasteiger partial charge in [-0.1, -0.05) is 5.21 Å². The Bertz CT molecular complexity index is 537. The fourth-order valence-electron chi connectivity index (χ4n) is 2.02. The molecule has 0 spiro atoms.